The van der Waals surface area contributed by atoms with Crippen LogP contribution in [0, 0.1) is 0 Å². The second kappa shape index (κ2) is 6.52. The molecule has 0 N–H and O–H groups in total. The van der Waals surface area contributed by atoms with Crippen molar-refractivity contribution in [1.29, 1.82) is 0 Å². The Kier molecular flexibility index (Phi) is 4.22. The van der Waals surface area contributed by atoms with Gasteiger partial charge in [0.15, 0.2) is 0 Å². The molecule has 2 aromatic rings. The Bertz CT molecular complexity index is 811. The third-order valence-corrected chi connectivity index (χ3v) is 5.38. The van der Waals surface area contributed by atoms with E-state index in [0.717, 1.165) is 24.0 Å². The summed E-state index contributed by atoms with van der Waals surface area (Å²) in [5.74, 6) is 0.157. The maximum absolute atomic E-state index is 12.6. The van der Waals surface area contributed by atoms with Crippen LogP contribution in [0.25, 0.3) is 0 Å². The molecule has 2 aliphatic heterocycles. The average molecular weight is 355 g/mol. The molecule has 2 amide bonds. The normalized spacial score (nSPS) is 17.7. The van der Waals surface area contributed by atoms with Crippen molar-refractivity contribution in [3.8, 4) is 0 Å². The van der Waals surface area contributed by atoms with Crippen molar-refractivity contribution in [2.45, 2.75) is 25.4 Å². The van der Waals surface area contributed by atoms with E-state index >= 15 is 0 Å². The number of carbonyl (C=O) groups is 2. The monoisotopic (exact) mass is 354 g/mol. The van der Waals surface area contributed by atoms with Gasteiger partial charge in [-0.1, -0.05) is 29.8 Å². The molecule has 0 saturated carbocycles. The highest BCUT2D eigenvalue weighted by molar-refractivity contribution is 6.30. The van der Waals surface area contributed by atoms with E-state index in [1.807, 2.05) is 34.1 Å². The van der Waals surface area contributed by atoms with Gasteiger partial charge in [0.25, 0.3) is 11.8 Å². The predicted molar refractivity (Wildman–Crippen MR) is 96.7 cm³/mol. The van der Waals surface area contributed by atoms with Crippen LogP contribution in [0.2, 0.25) is 5.02 Å². The molecule has 2 aromatic carbocycles. The van der Waals surface area contributed by atoms with Gasteiger partial charge in [-0.2, -0.15) is 0 Å². The van der Waals surface area contributed by atoms with Gasteiger partial charge in [-0.15, -0.1) is 0 Å². The molecule has 1 saturated heterocycles. The van der Waals surface area contributed by atoms with Crippen LogP contribution in [0.15, 0.2) is 48.5 Å². The van der Waals surface area contributed by atoms with Crippen LogP contribution in [0.5, 0.6) is 0 Å². The zero-order valence-electron chi connectivity index (χ0n) is 13.8. The minimum atomic E-state index is 0.0335. The van der Waals surface area contributed by atoms with E-state index in [2.05, 4.69) is 0 Å². The lowest BCUT2D eigenvalue weighted by atomic mass is 10.0. The highest BCUT2D eigenvalue weighted by Gasteiger charge is 2.35. The van der Waals surface area contributed by atoms with Crippen molar-refractivity contribution < 1.29 is 9.59 Å². The number of hydrogen-bond acceptors (Lipinski definition) is 2. The van der Waals surface area contributed by atoms with E-state index in [4.69, 9.17) is 11.6 Å². The summed E-state index contributed by atoms with van der Waals surface area (Å²) in [7, 11) is 0. The third kappa shape index (κ3) is 3.02. The van der Waals surface area contributed by atoms with Gasteiger partial charge in [0, 0.05) is 41.8 Å². The Hall–Kier alpha value is -2.33. The second-order valence-corrected chi connectivity index (χ2v) is 7.06. The molecule has 0 radical (unpaired) electrons. The van der Waals surface area contributed by atoms with Crippen molar-refractivity contribution in [2.24, 2.45) is 0 Å². The van der Waals surface area contributed by atoms with Crippen molar-refractivity contribution in [1.82, 2.24) is 9.80 Å². The topological polar surface area (TPSA) is 40.6 Å². The SMILES string of the molecule is O=C(c1ccc(Cl)cc1)N1CCC(N2Cc3ccccc3C2=O)CC1. The molecule has 128 valence electrons. The smallest absolute Gasteiger partial charge is 0.254 e. The maximum Gasteiger partial charge on any atom is 0.254 e. The van der Waals surface area contributed by atoms with Crippen LogP contribution < -0.4 is 0 Å². The third-order valence-electron chi connectivity index (χ3n) is 5.13. The van der Waals surface area contributed by atoms with Gasteiger partial charge in [0.2, 0.25) is 0 Å². The molecule has 0 atom stereocenters. The van der Waals surface area contributed by atoms with Gasteiger partial charge in [-0.3, -0.25) is 9.59 Å². The summed E-state index contributed by atoms with van der Waals surface area (Å²) in [6.45, 7) is 2.03. The molecule has 0 spiro atoms. The molecule has 0 unspecified atom stereocenters. The van der Waals surface area contributed by atoms with Gasteiger partial charge >= 0.3 is 0 Å². The first-order chi connectivity index (χ1) is 12.1. The summed E-state index contributed by atoms with van der Waals surface area (Å²) < 4.78 is 0. The van der Waals surface area contributed by atoms with Crippen LogP contribution in [0.3, 0.4) is 0 Å². The largest absolute Gasteiger partial charge is 0.338 e. The molecule has 0 aliphatic carbocycles. The molecule has 2 heterocycles. The molecule has 5 heteroatoms. The minimum absolute atomic E-state index is 0.0335. The summed E-state index contributed by atoms with van der Waals surface area (Å²) in [6, 6.07) is 15.0. The second-order valence-electron chi connectivity index (χ2n) is 6.62. The summed E-state index contributed by atoms with van der Waals surface area (Å²) in [5, 5.41) is 0.627. The predicted octanol–water partition coefficient (Wildman–Crippen LogP) is 3.60. The lowest BCUT2D eigenvalue weighted by Gasteiger charge is -2.36. The van der Waals surface area contributed by atoms with E-state index < -0.39 is 0 Å². The minimum Gasteiger partial charge on any atom is -0.338 e. The van der Waals surface area contributed by atoms with Crippen LogP contribution >= 0.6 is 11.6 Å². The molecular formula is C20H19ClN2O2. The van der Waals surface area contributed by atoms with Crippen molar-refractivity contribution in [2.75, 3.05) is 13.1 Å². The Labute approximate surface area is 152 Å². The summed E-state index contributed by atoms with van der Waals surface area (Å²) in [4.78, 5) is 29.0. The van der Waals surface area contributed by atoms with Gasteiger partial charge in [-0.05, 0) is 48.7 Å². The fraction of sp³-hybridized carbons (Fsp3) is 0.300. The fourth-order valence-electron chi connectivity index (χ4n) is 3.73. The number of carbonyl (C=O) groups excluding carboxylic acids is 2. The van der Waals surface area contributed by atoms with Crippen molar-refractivity contribution >= 4 is 23.4 Å². The fourth-order valence-corrected chi connectivity index (χ4v) is 3.85. The summed E-state index contributed by atoms with van der Waals surface area (Å²) >= 11 is 5.88. The lowest BCUT2D eigenvalue weighted by molar-refractivity contribution is 0.0535. The van der Waals surface area contributed by atoms with Gasteiger partial charge in [0.05, 0.1) is 0 Å². The van der Waals surface area contributed by atoms with Crippen LogP contribution in [0.4, 0.5) is 0 Å². The number of halogens is 1. The Morgan fingerprint density at radius 3 is 2.36 bits per heavy atom. The van der Waals surface area contributed by atoms with E-state index in [1.54, 1.807) is 24.3 Å². The number of likely N-dealkylation sites (tertiary alicyclic amines) is 1. The first-order valence-corrected chi connectivity index (χ1v) is 8.95. The quantitative estimate of drug-likeness (QED) is 0.826. The molecule has 0 aromatic heterocycles. The number of hydrogen-bond donors (Lipinski definition) is 0. The zero-order valence-corrected chi connectivity index (χ0v) is 14.6. The van der Waals surface area contributed by atoms with Crippen molar-refractivity contribution in [3.05, 3.63) is 70.2 Å². The molecule has 2 aliphatic rings. The highest BCUT2D eigenvalue weighted by atomic mass is 35.5. The summed E-state index contributed by atoms with van der Waals surface area (Å²) in [5.41, 5.74) is 2.59. The van der Waals surface area contributed by atoms with Crippen LogP contribution in [-0.4, -0.2) is 40.7 Å². The van der Waals surface area contributed by atoms with Gasteiger partial charge < -0.3 is 9.80 Å². The molecular weight excluding hydrogens is 336 g/mol. The standard InChI is InChI=1S/C20H19ClN2O2/c21-16-7-5-14(6-8-16)19(24)22-11-9-17(10-12-22)23-13-15-3-1-2-4-18(15)20(23)25/h1-8,17H,9-13H2. The number of fused-ring (bicyclic) bond motifs is 1. The van der Waals surface area contributed by atoms with E-state index in [-0.39, 0.29) is 17.9 Å². The van der Waals surface area contributed by atoms with E-state index in [1.165, 1.54) is 0 Å². The Morgan fingerprint density at radius 1 is 1.00 bits per heavy atom. The number of rotatable bonds is 2. The first-order valence-electron chi connectivity index (χ1n) is 8.57. The Morgan fingerprint density at radius 2 is 1.68 bits per heavy atom. The number of piperidine rings is 1. The number of benzene rings is 2. The van der Waals surface area contributed by atoms with Gasteiger partial charge in [-0.25, -0.2) is 0 Å². The first kappa shape index (κ1) is 16.2. The molecule has 25 heavy (non-hydrogen) atoms. The van der Waals surface area contributed by atoms with Crippen LogP contribution in [-0.2, 0) is 6.54 Å². The maximum atomic E-state index is 12.6. The number of amides is 2. The number of nitrogens with zero attached hydrogens (tertiary/aromatic N) is 2. The van der Waals surface area contributed by atoms with Crippen molar-refractivity contribution in [3.63, 3.8) is 0 Å². The highest BCUT2D eigenvalue weighted by Crippen LogP contribution is 2.28. The summed E-state index contributed by atoms with van der Waals surface area (Å²) in [6.07, 6.45) is 1.64. The molecule has 0 bridgehead atoms. The zero-order chi connectivity index (χ0) is 17.4. The molecule has 1 fully saturated rings. The van der Waals surface area contributed by atoms with Crippen LogP contribution in [0.1, 0.15) is 39.1 Å². The van der Waals surface area contributed by atoms with Gasteiger partial charge in [0.1, 0.15) is 0 Å². The van der Waals surface area contributed by atoms with E-state index in [9.17, 15) is 9.59 Å². The van der Waals surface area contributed by atoms with E-state index in [0.29, 0.717) is 30.2 Å². The molecule has 4 rings (SSSR count). The Balaban J connectivity index is 1.40. The average Bonchev–Trinajstić information content (AvgIpc) is 2.99. The lowest BCUT2D eigenvalue weighted by Crippen LogP contribution is -2.46. The molecule has 4 nitrogen and oxygen atoms in total.